The number of likely N-dealkylation sites (N-methyl/N-ethyl adjacent to an activating group) is 1. The van der Waals surface area contributed by atoms with Gasteiger partial charge in [-0.2, -0.15) is 0 Å². The summed E-state index contributed by atoms with van der Waals surface area (Å²) in [7, 11) is 2.21. The number of hydrogen-bond donors (Lipinski definition) is 1. The number of amidine groups is 1. The maximum atomic E-state index is 5.98. The van der Waals surface area contributed by atoms with Crippen LogP contribution in [0, 0.1) is 0 Å². The average Bonchev–Trinajstić information content (AvgIpc) is 2.70. The molecule has 21 heavy (non-hydrogen) atoms. The topological polar surface area (TPSA) is 41.6 Å². The lowest BCUT2D eigenvalue weighted by atomic mass is 9.90. The quantitative estimate of drug-likeness (QED) is 0.926. The van der Waals surface area contributed by atoms with E-state index in [4.69, 9.17) is 10.7 Å². The summed E-state index contributed by atoms with van der Waals surface area (Å²) < 4.78 is 0. The molecule has 2 aliphatic rings. The first kappa shape index (κ1) is 14.4. The number of benzene rings is 1. The smallest absolute Gasteiger partial charge is 0.0941 e. The van der Waals surface area contributed by atoms with Gasteiger partial charge in [0.05, 0.1) is 11.9 Å². The van der Waals surface area contributed by atoms with E-state index < -0.39 is 0 Å². The molecular formula is C18H27N3. The van der Waals surface area contributed by atoms with Gasteiger partial charge in [-0.05, 0) is 55.7 Å². The van der Waals surface area contributed by atoms with Crippen molar-refractivity contribution in [3.8, 4) is 0 Å². The van der Waals surface area contributed by atoms with Crippen LogP contribution < -0.4 is 10.6 Å². The van der Waals surface area contributed by atoms with Crippen molar-refractivity contribution in [3.63, 3.8) is 0 Å². The fraction of sp³-hybridized carbons (Fsp3) is 0.611. The summed E-state index contributed by atoms with van der Waals surface area (Å²) in [5, 5.41) is 0. The highest BCUT2D eigenvalue weighted by atomic mass is 15.1. The van der Waals surface area contributed by atoms with Crippen LogP contribution >= 0.6 is 0 Å². The van der Waals surface area contributed by atoms with Crippen molar-refractivity contribution in [2.45, 2.75) is 57.4 Å². The normalized spacial score (nSPS) is 22.1. The molecule has 0 radical (unpaired) electrons. The van der Waals surface area contributed by atoms with Crippen LogP contribution in [0.2, 0.25) is 0 Å². The van der Waals surface area contributed by atoms with Gasteiger partial charge in [-0.3, -0.25) is 4.99 Å². The molecule has 0 unspecified atom stereocenters. The van der Waals surface area contributed by atoms with Gasteiger partial charge in [-0.1, -0.05) is 18.6 Å². The molecule has 1 aliphatic heterocycles. The van der Waals surface area contributed by atoms with Crippen molar-refractivity contribution in [1.82, 2.24) is 0 Å². The van der Waals surface area contributed by atoms with E-state index in [-0.39, 0.29) is 0 Å². The number of aliphatic imine (C=N–C) groups is 1. The molecule has 0 saturated heterocycles. The lowest BCUT2D eigenvalue weighted by molar-refractivity contribution is 0.584. The van der Waals surface area contributed by atoms with Crippen LogP contribution in [0.3, 0.4) is 0 Å². The Hall–Kier alpha value is -1.51. The molecule has 0 amide bonds. The molecular weight excluding hydrogens is 258 g/mol. The molecule has 0 fully saturated rings. The molecule has 0 saturated carbocycles. The highest BCUT2D eigenvalue weighted by Gasteiger charge is 2.18. The van der Waals surface area contributed by atoms with Gasteiger partial charge in [-0.25, -0.2) is 0 Å². The van der Waals surface area contributed by atoms with E-state index in [1.807, 2.05) is 0 Å². The SMILES string of the molecule is CN(C[C@H]1CCCCC(N)=N1)c1cccc2c1CCCC2. The van der Waals surface area contributed by atoms with E-state index >= 15 is 0 Å². The summed E-state index contributed by atoms with van der Waals surface area (Å²) >= 11 is 0. The molecule has 1 heterocycles. The highest BCUT2D eigenvalue weighted by molar-refractivity contribution is 5.80. The number of fused-ring (bicyclic) bond motifs is 1. The predicted molar refractivity (Wildman–Crippen MR) is 90.2 cm³/mol. The second-order valence-electron chi connectivity index (χ2n) is 6.52. The van der Waals surface area contributed by atoms with Gasteiger partial charge < -0.3 is 10.6 Å². The number of anilines is 1. The lowest BCUT2D eigenvalue weighted by Gasteiger charge is -2.28. The maximum absolute atomic E-state index is 5.98. The number of nitrogens with two attached hydrogens (primary N) is 1. The monoisotopic (exact) mass is 285 g/mol. The van der Waals surface area contributed by atoms with E-state index in [1.165, 1.54) is 50.6 Å². The van der Waals surface area contributed by atoms with Crippen LogP contribution in [-0.2, 0) is 12.8 Å². The van der Waals surface area contributed by atoms with Crippen molar-refractivity contribution in [2.24, 2.45) is 10.7 Å². The van der Waals surface area contributed by atoms with Crippen LogP contribution in [0.5, 0.6) is 0 Å². The molecule has 0 bridgehead atoms. The highest BCUT2D eigenvalue weighted by Crippen LogP contribution is 2.30. The van der Waals surface area contributed by atoms with Gasteiger partial charge >= 0.3 is 0 Å². The van der Waals surface area contributed by atoms with Gasteiger partial charge in [-0.15, -0.1) is 0 Å². The van der Waals surface area contributed by atoms with Gasteiger partial charge in [0, 0.05) is 25.7 Å². The van der Waals surface area contributed by atoms with Gasteiger partial charge in [0.15, 0.2) is 0 Å². The van der Waals surface area contributed by atoms with Gasteiger partial charge in [0.2, 0.25) is 0 Å². The van der Waals surface area contributed by atoms with Crippen molar-refractivity contribution >= 4 is 11.5 Å². The summed E-state index contributed by atoms with van der Waals surface area (Å²) in [6, 6.07) is 7.14. The summed E-state index contributed by atoms with van der Waals surface area (Å²) in [4.78, 5) is 7.11. The first-order chi connectivity index (χ1) is 10.2. The van der Waals surface area contributed by atoms with Crippen LogP contribution in [0.15, 0.2) is 23.2 Å². The molecule has 3 heteroatoms. The Morgan fingerprint density at radius 2 is 1.95 bits per heavy atom. The number of rotatable bonds is 3. The largest absolute Gasteiger partial charge is 0.387 e. The van der Waals surface area contributed by atoms with Crippen LogP contribution in [-0.4, -0.2) is 25.5 Å². The van der Waals surface area contributed by atoms with Gasteiger partial charge in [0.25, 0.3) is 0 Å². The zero-order valence-corrected chi connectivity index (χ0v) is 13.1. The molecule has 1 aliphatic carbocycles. The van der Waals surface area contributed by atoms with E-state index in [2.05, 4.69) is 30.1 Å². The standard InChI is InChI=1S/C18H27N3/c1-21(13-15-9-3-5-12-18(19)20-15)17-11-6-8-14-7-2-4-10-16(14)17/h6,8,11,15H,2-5,7,9-10,12-13H2,1H3,(H2,19,20)/t15-/m1/s1. The molecule has 3 rings (SSSR count). The number of hydrogen-bond acceptors (Lipinski definition) is 3. The minimum atomic E-state index is 0.358. The number of aryl methyl sites for hydroxylation is 1. The molecule has 114 valence electrons. The van der Waals surface area contributed by atoms with E-state index in [0.717, 1.165) is 18.8 Å². The van der Waals surface area contributed by atoms with E-state index in [9.17, 15) is 0 Å². The fourth-order valence-electron chi connectivity index (χ4n) is 3.72. The minimum Gasteiger partial charge on any atom is -0.387 e. The molecule has 1 aromatic rings. The zero-order chi connectivity index (χ0) is 14.7. The van der Waals surface area contributed by atoms with Crippen molar-refractivity contribution < 1.29 is 0 Å². The number of nitrogens with zero attached hydrogens (tertiary/aromatic N) is 2. The van der Waals surface area contributed by atoms with Crippen LogP contribution in [0.1, 0.15) is 49.7 Å². The molecule has 1 atom stereocenters. The molecule has 0 spiro atoms. The third-order valence-electron chi connectivity index (χ3n) is 4.84. The van der Waals surface area contributed by atoms with Crippen molar-refractivity contribution in [3.05, 3.63) is 29.3 Å². The van der Waals surface area contributed by atoms with Crippen molar-refractivity contribution in [1.29, 1.82) is 0 Å². The Labute approximate surface area is 128 Å². The molecule has 0 aromatic heterocycles. The van der Waals surface area contributed by atoms with Crippen LogP contribution in [0.25, 0.3) is 0 Å². The minimum absolute atomic E-state index is 0.358. The average molecular weight is 285 g/mol. The Morgan fingerprint density at radius 1 is 1.14 bits per heavy atom. The second kappa shape index (κ2) is 6.50. The predicted octanol–water partition coefficient (Wildman–Crippen LogP) is 3.30. The summed E-state index contributed by atoms with van der Waals surface area (Å²) in [5.41, 5.74) is 10.5. The molecule has 1 aromatic carbocycles. The third kappa shape index (κ3) is 3.39. The first-order valence-corrected chi connectivity index (χ1v) is 8.38. The first-order valence-electron chi connectivity index (χ1n) is 8.38. The fourth-order valence-corrected chi connectivity index (χ4v) is 3.72. The Morgan fingerprint density at radius 3 is 2.86 bits per heavy atom. The summed E-state index contributed by atoms with van der Waals surface area (Å²) in [6.07, 6.45) is 9.71. The summed E-state index contributed by atoms with van der Waals surface area (Å²) in [6.45, 7) is 0.983. The maximum Gasteiger partial charge on any atom is 0.0941 e. The molecule has 3 nitrogen and oxygen atoms in total. The third-order valence-corrected chi connectivity index (χ3v) is 4.84. The summed E-state index contributed by atoms with van der Waals surface area (Å²) in [5.74, 6) is 0.848. The Kier molecular flexibility index (Phi) is 4.47. The van der Waals surface area contributed by atoms with Gasteiger partial charge in [0.1, 0.15) is 0 Å². The second-order valence-corrected chi connectivity index (χ2v) is 6.52. The Balaban J connectivity index is 1.76. The van der Waals surface area contributed by atoms with E-state index in [0.29, 0.717) is 6.04 Å². The van der Waals surface area contributed by atoms with Crippen molar-refractivity contribution in [2.75, 3.05) is 18.5 Å². The Bertz CT molecular complexity index is 521. The molecule has 2 N–H and O–H groups in total. The van der Waals surface area contributed by atoms with E-state index in [1.54, 1.807) is 11.1 Å². The lowest BCUT2D eigenvalue weighted by Crippen LogP contribution is -2.30. The zero-order valence-electron chi connectivity index (χ0n) is 13.1. The van der Waals surface area contributed by atoms with Crippen LogP contribution in [0.4, 0.5) is 5.69 Å².